The largest absolute Gasteiger partial charge is 0.0558 e. The summed E-state index contributed by atoms with van der Waals surface area (Å²) in [6.07, 6.45) is 2.60. The molecule has 1 aliphatic carbocycles. The molecule has 17 heavy (non-hydrogen) atoms. The van der Waals surface area contributed by atoms with E-state index in [1.165, 1.54) is 29.5 Å². The molecule has 0 amide bonds. The Morgan fingerprint density at radius 2 is 1.35 bits per heavy atom. The zero-order valence-corrected chi connectivity index (χ0v) is 12.5. The monoisotopic (exact) mass is 230 g/mol. The number of fused-ring (bicyclic) bond motifs is 1. The number of rotatable bonds is 0. The average Bonchev–Trinajstić information content (AvgIpc) is 2.21. The van der Waals surface area contributed by atoms with E-state index in [2.05, 4.69) is 54.5 Å². The molecule has 0 heterocycles. The maximum absolute atomic E-state index is 2.44. The van der Waals surface area contributed by atoms with E-state index in [1.54, 1.807) is 11.1 Å². The van der Waals surface area contributed by atoms with Crippen LogP contribution in [-0.4, -0.2) is 0 Å². The molecular formula is C17H26. The first-order chi connectivity index (χ1) is 7.67. The molecule has 0 fully saturated rings. The summed E-state index contributed by atoms with van der Waals surface area (Å²) in [5.41, 5.74) is 8.35. The van der Waals surface area contributed by atoms with Crippen LogP contribution in [0, 0.1) is 20.8 Å². The second-order valence-electron chi connectivity index (χ2n) is 7.13. The normalized spacial score (nSPS) is 21.1. The van der Waals surface area contributed by atoms with Crippen LogP contribution < -0.4 is 0 Å². The summed E-state index contributed by atoms with van der Waals surface area (Å²) in [7, 11) is 0. The van der Waals surface area contributed by atoms with Gasteiger partial charge in [0.15, 0.2) is 0 Å². The highest BCUT2D eigenvalue weighted by molar-refractivity contribution is 5.52. The van der Waals surface area contributed by atoms with Crippen molar-refractivity contribution in [2.24, 2.45) is 0 Å². The van der Waals surface area contributed by atoms with Crippen LogP contribution in [0.15, 0.2) is 6.07 Å². The Hall–Kier alpha value is -0.780. The number of hydrogen-bond acceptors (Lipinski definition) is 0. The summed E-state index contributed by atoms with van der Waals surface area (Å²) in [4.78, 5) is 0. The Morgan fingerprint density at radius 3 is 1.94 bits per heavy atom. The van der Waals surface area contributed by atoms with Gasteiger partial charge in [0.1, 0.15) is 0 Å². The second kappa shape index (κ2) is 3.60. The van der Waals surface area contributed by atoms with Crippen LogP contribution in [0.3, 0.4) is 0 Å². The third-order valence-electron chi connectivity index (χ3n) is 4.94. The van der Waals surface area contributed by atoms with Crippen LogP contribution in [0.2, 0.25) is 0 Å². The first-order valence-electron chi connectivity index (χ1n) is 6.78. The molecule has 0 nitrogen and oxygen atoms in total. The van der Waals surface area contributed by atoms with Gasteiger partial charge < -0.3 is 0 Å². The summed E-state index contributed by atoms with van der Waals surface area (Å²) < 4.78 is 0. The smallest absolute Gasteiger partial charge is 0.00976 e. The zero-order valence-electron chi connectivity index (χ0n) is 12.5. The molecule has 1 aliphatic rings. The van der Waals surface area contributed by atoms with Gasteiger partial charge in [0.2, 0.25) is 0 Å². The van der Waals surface area contributed by atoms with E-state index >= 15 is 0 Å². The lowest BCUT2D eigenvalue weighted by Crippen LogP contribution is -2.35. The van der Waals surface area contributed by atoms with E-state index in [0.717, 1.165) is 0 Å². The molecule has 0 saturated carbocycles. The molecule has 2 rings (SSSR count). The third-order valence-corrected chi connectivity index (χ3v) is 4.94. The molecule has 0 atom stereocenters. The molecule has 0 unspecified atom stereocenters. The van der Waals surface area contributed by atoms with Crippen LogP contribution in [0.25, 0.3) is 0 Å². The lowest BCUT2D eigenvalue weighted by Gasteiger charge is -2.43. The fourth-order valence-electron chi connectivity index (χ4n) is 3.37. The van der Waals surface area contributed by atoms with Crippen molar-refractivity contribution in [3.8, 4) is 0 Å². The summed E-state index contributed by atoms with van der Waals surface area (Å²) in [6, 6.07) is 2.44. The van der Waals surface area contributed by atoms with Gasteiger partial charge in [0.05, 0.1) is 0 Å². The van der Waals surface area contributed by atoms with Crippen molar-refractivity contribution in [2.75, 3.05) is 0 Å². The van der Waals surface area contributed by atoms with Crippen LogP contribution >= 0.6 is 0 Å². The van der Waals surface area contributed by atoms with Crippen molar-refractivity contribution in [1.82, 2.24) is 0 Å². The van der Waals surface area contributed by atoms with Crippen LogP contribution in [0.1, 0.15) is 68.4 Å². The minimum Gasteiger partial charge on any atom is -0.0558 e. The average molecular weight is 230 g/mol. The van der Waals surface area contributed by atoms with Crippen molar-refractivity contribution >= 4 is 0 Å². The van der Waals surface area contributed by atoms with Crippen LogP contribution in [-0.2, 0) is 10.8 Å². The first-order valence-corrected chi connectivity index (χ1v) is 6.78. The molecular weight excluding hydrogens is 204 g/mol. The zero-order chi connectivity index (χ0) is 13.0. The summed E-state index contributed by atoms with van der Waals surface area (Å²) in [5, 5.41) is 0. The summed E-state index contributed by atoms with van der Waals surface area (Å²) in [5.74, 6) is 0. The van der Waals surface area contributed by atoms with E-state index in [9.17, 15) is 0 Å². The maximum atomic E-state index is 2.44. The van der Waals surface area contributed by atoms with Gasteiger partial charge in [-0.25, -0.2) is 0 Å². The Kier molecular flexibility index (Phi) is 2.69. The third kappa shape index (κ3) is 1.82. The van der Waals surface area contributed by atoms with Crippen molar-refractivity contribution in [1.29, 1.82) is 0 Å². The van der Waals surface area contributed by atoms with Gasteiger partial charge in [-0.1, -0.05) is 33.8 Å². The predicted molar refractivity (Wildman–Crippen MR) is 75.9 cm³/mol. The molecule has 0 radical (unpaired) electrons. The fourth-order valence-corrected chi connectivity index (χ4v) is 3.37. The Morgan fingerprint density at radius 1 is 0.824 bits per heavy atom. The molecule has 1 aromatic rings. The van der Waals surface area contributed by atoms with Crippen LogP contribution in [0.5, 0.6) is 0 Å². The molecule has 0 heteroatoms. The minimum atomic E-state index is 0.341. The van der Waals surface area contributed by atoms with Gasteiger partial charge in [-0.05, 0) is 72.3 Å². The highest BCUT2D eigenvalue weighted by Crippen LogP contribution is 2.48. The lowest BCUT2D eigenvalue weighted by atomic mass is 9.61. The number of aryl methyl sites for hydroxylation is 1. The first kappa shape index (κ1) is 12.7. The van der Waals surface area contributed by atoms with Crippen molar-refractivity contribution in [3.63, 3.8) is 0 Å². The number of benzene rings is 1. The van der Waals surface area contributed by atoms with Crippen molar-refractivity contribution in [3.05, 3.63) is 33.9 Å². The minimum absolute atomic E-state index is 0.341. The van der Waals surface area contributed by atoms with Gasteiger partial charge in [0.25, 0.3) is 0 Å². The van der Waals surface area contributed by atoms with Crippen LogP contribution in [0.4, 0.5) is 0 Å². The molecule has 1 aromatic carbocycles. The molecule has 0 aliphatic heterocycles. The van der Waals surface area contributed by atoms with Gasteiger partial charge in [-0.3, -0.25) is 0 Å². The standard InChI is InChI=1S/C17H26/c1-11-10-14-15(13(3)12(11)2)17(6,7)9-8-16(14,4)5/h10H,8-9H2,1-7H3. The highest BCUT2D eigenvalue weighted by Gasteiger charge is 2.38. The molecule has 0 saturated heterocycles. The number of hydrogen-bond donors (Lipinski definition) is 0. The molecule has 0 spiro atoms. The van der Waals surface area contributed by atoms with Crippen molar-refractivity contribution < 1.29 is 0 Å². The maximum Gasteiger partial charge on any atom is -0.00976 e. The van der Waals surface area contributed by atoms with Crippen molar-refractivity contribution in [2.45, 2.75) is 72.1 Å². The van der Waals surface area contributed by atoms with E-state index in [4.69, 9.17) is 0 Å². The SMILES string of the molecule is Cc1cc2c(c(C)c1C)C(C)(C)CCC2(C)C. The topological polar surface area (TPSA) is 0 Å². The van der Waals surface area contributed by atoms with Gasteiger partial charge in [-0.2, -0.15) is 0 Å². The van der Waals surface area contributed by atoms with E-state index in [0.29, 0.717) is 10.8 Å². The molecule has 0 aromatic heterocycles. The van der Waals surface area contributed by atoms with Gasteiger partial charge in [0, 0.05) is 0 Å². The Balaban J connectivity index is 2.81. The highest BCUT2D eigenvalue weighted by atomic mass is 14.4. The second-order valence-corrected chi connectivity index (χ2v) is 7.13. The summed E-state index contributed by atoms with van der Waals surface area (Å²) >= 11 is 0. The predicted octanol–water partition coefficient (Wildman–Crippen LogP) is 4.96. The lowest BCUT2D eigenvalue weighted by molar-refractivity contribution is 0.330. The fraction of sp³-hybridized carbons (Fsp3) is 0.647. The van der Waals surface area contributed by atoms with E-state index < -0.39 is 0 Å². The van der Waals surface area contributed by atoms with Gasteiger partial charge >= 0.3 is 0 Å². The summed E-state index contributed by atoms with van der Waals surface area (Å²) in [6.45, 7) is 16.4. The molecule has 94 valence electrons. The van der Waals surface area contributed by atoms with E-state index in [-0.39, 0.29) is 0 Å². The quantitative estimate of drug-likeness (QED) is 0.591. The molecule has 0 N–H and O–H groups in total. The molecule has 0 bridgehead atoms. The Labute approximate surface area is 106 Å². The van der Waals surface area contributed by atoms with E-state index in [1.807, 2.05) is 0 Å². The van der Waals surface area contributed by atoms with Gasteiger partial charge in [-0.15, -0.1) is 0 Å². The Bertz CT molecular complexity index is 461.